The van der Waals surface area contributed by atoms with Crippen LogP contribution in [0.2, 0.25) is 0 Å². The maximum atomic E-state index is 11.3. The number of carbonyl (C=O) groups is 1. The lowest BCUT2D eigenvalue weighted by atomic mass is 10.1. The van der Waals surface area contributed by atoms with Crippen LogP contribution < -0.4 is 4.74 Å². The van der Waals surface area contributed by atoms with Crippen molar-refractivity contribution in [1.82, 2.24) is 4.98 Å². The fourth-order valence-electron chi connectivity index (χ4n) is 1.86. The Balaban J connectivity index is 2.54. The molecule has 0 aromatic carbocycles. The molecule has 1 heterocycles. The monoisotopic (exact) mass is 191 g/mol. The maximum Gasteiger partial charge on any atom is 0.224 e. The van der Waals surface area contributed by atoms with Gasteiger partial charge in [0.2, 0.25) is 5.88 Å². The lowest BCUT2D eigenvalue weighted by molar-refractivity contribution is 0.101. The van der Waals surface area contributed by atoms with E-state index in [4.69, 9.17) is 4.74 Å². The minimum absolute atomic E-state index is 0.0176. The van der Waals surface area contributed by atoms with Gasteiger partial charge in [-0.3, -0.25) is 4.79 Å². The number of ether oxygens (including phenoxy) is 1. The lowest BCUT2D eigenvalue weighted by Crippen LogP contribution is -2.03. The molecule has 0 spiro atoms. The zero-order chi connectivity index (χ0) is 10.1. The van der Waals surface area contributed by atoms with Crippen LogP contribution in [-0.2, 0) is 12.8 Å². The first-order chi connectivity index (χ1) is 6.72. The minimum Gasteiger partial charge on any atom is -0.480 e. The van der Waals surface area contributed by atoms with Crippen molar-refractivity contribution in [3.63, 3.8) is 0 Å². The molecular formula is C11H13NO2. The summed E-state index contributed by atoms with van der Waals surface area (Å²) < 4.78 is 5.10. The van der Waals surface area contributed by atoms with Gasteiger partial charge in [-0.1, -0.05) is 0 Å². The summed E-state index contributed by atoms with van der Waals surface area (Å²) >= 11 is 0. The van der Waals surface area contributed by atoms with Crippen LogP contribution in [0.1, 0.15) is 35.0 Å². The molecule has 2 rings (SSSR count). The average molecular weight is 191 g/mol. The number of hydrogen-bond donors (Lipinski definition) is 0. The van der Waals surface area contributed by atoms with E-state index in [1.165, 1.54) is 5.56 Å². The second kappa shape index (κ2) is 3.40. The zero-order valence-corrected chi connectivity index (χ0v) is 8.46. The molecule has 0 amide bonds. The van der Waals surface area contributed by atoms with Crippen molar-refractivity contribution in [3.8, 4) is 5.88 Å². The van der Waals surface area contributed by atoms with Crippen LogP contribution in [-0.4, -0.2) is 17.9 Å². The van der Waals surface area contributed by atoms with Crippen LogP contribution in [0.15, 0.2) is 6.07 Å². The second-order valence-corrected chi connectivity index (χ2v) is 3.56. The summed E-state index contributed by atoms with van der Waals surface area (Å²) in [5.41, 5.74) is 2.90. The molecule has 1 aliphatic carbocycles. The highest BCUT2D eigenvalue weighted by Gasteiger charge is 2.18. The van der Waals surface area contributed by atoms with Crippen molar-refractivity contribution >= 4 is 5.78 Å². The number of ketones is 1. The first-order valence-corrected chi connectivity index (χ1v) is 4.80. The molecule has 3 heteroatoms. The third-order valence-electron chi connectivity index (χ3n) is 2.59. The van der Waals surface area contributed by atoms with Crippen molar-refractivity contribution in [1.29, 1.82) is 0 Å². The summed E-state index contributed by atoms with van der Waals surface area (Å²) in [6, 6.07) is 1.93. The number of rotatable bonds is 2. The van der Waals surface area contributed by atoms with Gasteiger partial charge in [-0.05, 0) is 37.8 Å². The van der Waals surface area contributed by atoms with Crippen LogP contribution in [0, 0.1) is 0 Å². The van der Waals surface area contributed by atoms with Crippen molar-refractivity contribution in [2.24, 2.45) is 0 Å². The maximum absolute atomic E-state index is 11.3. The van der Waals surface area contributed by atoms with Crippen molar-refractivity contribution in [3.05, 3.63) is 22.9 Å². The molecule has 1 aromatic rings. The lowest BCUT2D eigenvalue weighted by Gasteiger charge is -2.07. The van der Waals surface area contributed by atoms with Gasteiger partial charge in [-0.2, -0.15) is 0 Å². The minimum atomic E-state index is 0.0176. The van der Waals surface area contributed by atoms with E-state index >= 15 is 0 Å². The smallest absolute Gasteiger partial charge is 0.224 e. The van der Waals surface area contributed by atoms with E-state index in [-0.39, 0.29) is 5.78 Å². The molecule has 0 unspecified atom stereocenters. The predicted octanol–water partition coefficient (Wildman–Crippen LogP) is 1.78. The van der Waals surface area contributed by atoms with Crippen molar-refractivity contribution in [2.45, 2.75) is 26.2 Å². The van der Waals surface area contributed by atoms with Crippen LogP contribution >= 0.6 is 0 Å². The highest BCUT2D eigenvalue weighted by Crippen LogP contribution is 2.26. The first kappa shape index (κ1) is 9.19. The molecule has 74 valence electrons. The van der Waals surface area contributed by atoms with Crippen LogP contribution in [0.3, 0.4) is 0 Å². The Morgan fingerprint density at radius 3 is 2.93 bits per heavy atom. The number of pyridine rings is 1. The van der Waals surface area contributed by atoms with Gasteiger partial charge in [0.05, 0.1) is 12.7 Å². The third-order valence-corrected chi connectivity index (χ3v) is 2.59. The normalized spacial score (nSPS) is 13.9. The Hall–Kier alpha value is -1.38. The van der Waals surface area contributed by atoms with E-state index in [1.807, 2.05) is 6.07 Å². The van der Waals surface area contributed by atoms with Crippen LogP contribution in [0.25, 0.3) is 0 Å². The van der Waals surface area contributed by atoms with Gasteiger partial charge >= 0.3 is 0 Å². The third kappa shape index (κ3) is 1.39. The van der Waals surface area contributed by atoms with E-state index in [0.717, 1.165) is 25.0 Å². The molecule has 0 aliphatic heterocycles. The number of fused-ring (bicyclic) bond motifs is 1. The van der Waals surface area contributed by atoms with Gasteiger partial charge in [0.1, 0.15) is 0 Å². The summed E-state index contributed by atoms with van der Waals surface area (Å²) in [4.78, 5) is 15.7. The number of aromatic nitrogens is 1. The Morgan fingerprint density at radius 2 is 2.29 bits per heavy atom. The molecule has 1 aromatic heterocycles. The van der Waals surface area contributed by atoms with E-state index < -0.39 is 0 Å². The average Bonchev–Trinajstić information content (AvgIpc) is 2.62. The largest absolute Gasteiger partial charge is 0.480 e. The molecule has 0 N–H and O–H groups in total. The van der Waals surface area contributed by atoms with E-state index in [9.17, 15) is 4.79 Å². The molecule has 0 saturated carbocycles. The summed E-state index contributed by atoms with van der Waals surface area (Å²) in [5, 5.41) is 0. The van der Waals surface area contributed by atoms with Gasteiger partial charge in [0.25, 0.3) is 0 Å². The number of aryl methyl sites for hydroxylation is 2. The summed E-state index contributed by atoms with van der Waals surface area (Å²) in [5.74, 6) is 0.488. The molecule has 0 bridgehead atoms. The molecule has 0 fully saturated rings. The summed E-state index contributed by atoms with van der Waals surface area (Å²) in [6.45, 7) is 1.54. The highest BCUT2D eigenvalue weighted by atomic mass is 16.5. The van der Waals surface area contributed by atoms with Crippen LogP contribution in [0.4, 0.5) is 0 Å². The second-order valence-electron chi connectivity index (χ2n) is 3.56. The number of nitrogens with zero attached hydrogens (tertiary/aromatic N) is 1. The molecule has 3 nitrogen and oxygen atoms in total. The summed E-state index contributed by atoms with van der Waals surface area (Å²) in [7, 11) is 1.55. The quantitative estimate of drug-likeness (QED) is 0.669. The number of hydrogen-bond acceptors (Lipinski definition) is 3. The van der Waals surface area contributed by atoms with Gasteiger partial charge in [-0.15, -0.1) is 0 Å². The van der Waals surface area contributed by atoms with Gasteiger partial charge in [0.15, 0.2) is 5.78 Å². The van der Waals surface area contributed by atoms with Crippen LogP contribution in [0.5, 0.6) is 5.88 Å². The molecule has 0 radical (unpaired) electrons. The summed E-state index contributed by atoms with van der Waals surface area (Å²) in [6.07, 6.45) is 3.17. The highest BCUT2D eigenvalue weighted by molar-refractivity contribution is 5.96. The Bertz CT molecular complexity index is 385. The SMILES string of the molecule is COc1nc2c(cc1C(C)=O)CCC2. The standard InChI is InChI=1S/C11H13NO2/c1-7(13)9-6-8-4-3-5-10(8)12-11(9)14-2/h6H,3-5H2,1-2H3. The first-order valence-electron chi connectivity index (χ1n) is 4.80. The topological polar surface area (TPSA) is 39.2 Å². The van der Waals surface area contributed by atoms with E-state index in [2.05, 4.69) is 4.98 Å². The number of Topliss-reactive ketones (excluding diaryl/α,β-unsaturated/α-hetero) is 1. The number of carbonyl (C=O) groups excluding carboxylic acids is 1. The molecule has 0 atom stereocenters. The predicted molar refractivity (Wildman–Crippen MR) is 52.8 cm³/mol. The van der Waals surface area contributed by atoms with Gasteiger partial charge in [0, 0.05) is 5.69 Å². The molecule has 1 aliphatic rings. The van der Waals surface area contributed by atoms with Crippen molar-refractivity contribution in [2.75, 3.05) is 7.11 Å². The molecule has 0 saturated heterocycles. The number of methoxy groups -OCH3 is 1. The van der Waals surface area contributed by atoms with Gasteiger partial charge in [-0.25, -0.2) is 4.98 Å². The Morgan fingerprint density at radius 1 is 1.50 bits per heavy atom. The van der Waals surface area contributed by atoms with Crippen molar-refractivity contribution < 1.29 is 9.53 Å². The molecular weight excluding hydrogens is 178 g/mol. The van der Waals surface area contributed by atoms with Gasteiger partial charge < -0.3 is 4.74 Å². The zero-order valence-electron chi connectivity index (χ0n) is 8.46. The van der Waals surface area contributed by atoms with E-state index in [0.29, 0.717) is 11.4 Å². The fraction of sp³-hybridized carbons (Fsp3) is 0.455. The molecule has 14 heavy (non-hydrogen) atoms. The Labute approximate surface area is 83.1 Å². The van der Waals surface area contributed by atoms with E-state index in [1.54, 1.807) is 14.0 Å². The Kier molecular flexibility index (Phi) is 2.23. The fourth-order valence-corrected chi connectivity index (χ4v) is 1.86.